The van der Waals surface area contributed by atoms with Gasteiger partial charge in [0, 0.05) is 6.07 Å². The Morgan fingerprint density at radius 2 is 2.05 bits per heavy atom. The molecule has 0 fully saturated rings. The van der Waals surface area contributed by atoms with Gasteiger partial charge < -0.3 is 9.84 Å². The van der Waals surface area contributed by atoms with Crippen LogP contribution in [0.25, 0.3) is 0 Å². The first-order valence-electron chi connectivity index (χ1n) is 5.39. The summed E-state index contributed by atoms with van der Waals surface area (Å²) in [5, 5.41) is 5.71. The summed E-state index contributed by atoms with van der Waals surface area (Å²) in [6, 6.07) is 4.01. The number of aromatic nitrogens is 1. The molecule has 0 bridgehead atoms. The van der Waals surface area contributed by atoms with Crippen molar-refractivity contribution in [3.8, 4) is 0 Å². The second kappa shape index (κ2) is 5.16. The van der Waals surface area contributed by atoms with Gasteiger partial charge in [-0.05, 0) is 25.1 Å². The zero-order chi connectivity index (χ0) is 14.9. The molecule has 0 aliphatic heterocycles. The average molecular weight is 305 g/mol. The van der Waals surface area contributed by atoms with E-state index in [1.54, 1.807) is 6.92 Å². The summed E-state index contributed by atoms with van der Waals surface area (Å²) >= 11 is 5.76. The van der Waals surface area contributed by atoms with Crippen LogP contribution in [0.5, 0.6) is 0 Å². The molecule has 1 heterocycles. The van der Waals surface area contributed by atoms with E-state index in [-0.39, 0.29) is 16.4 Å². The number of nitrogens with zero attached hydrogens (tertiary/aromatic N) is 1. The van der Waals surface area contributed by atoms with E-state index in [4.69, 9.17) is 16.1 Å². The minimum absolute atomic E-state index is 0.00781. The van der Waals surface area contributed by atoms with Crippen LogP contribution in [0.1, 0.15) is 21.8 Å². The van der Waals surface area contributed by atoms with E-state index in [0.29, 0.717) is 5.76 Å². The Morgan fingerprint density at radius 3 is 2.60 bits per heavy atom. The average Bonchev–Trinajstić information content (AvgIpc) is 2.77. The van der Waals surface area contributed by atoms with Gasteiger partial charge in [0.1, 0.15) is 5.76 Å². The fourth-order valence-corrected chi connectivity index (χ4v) is 1.62. The van der Waals surface area contributed by atoms with Gasteiger partial charge in [0.15, 0.2) is 5.69 Å². The van der Waals surface area contributed by atoms with E-state index < -0.39 is 17.6 Å². The molecular weight excluding hydrogens is 297 g/mol. The molecule has 2 aromatic rings. The maximum absolute atomic E-state index is 12.6. The zero-order valence-corrected chi connectivity index (χ0v) is 10.8. The number of alkyl halides is 3. The van der Waals surface area contributed by atoms with Gasteiger partial charge in [-0.3, -0.25) is 4.79 Å². The molecular formula is C12H8ClF3N2O2. The molecule has 1 aromatic carbocycles. The minimum Gasteiger partial charge on any atom is -0.361 e. The van der Waals surface area contributed by atoms with Crippen molar-refractivity contribution < 1.29 is 22.5 Å². The van der Waals surface area contributed by atoms with Crippen molar-refractivity contribution in [2.24, 2.45) is 0 Å². The molecule has 4 nitrogen and oxygen atoms in total. The number of carbonyl (C=O) groups is 1. The Kier molecular flexibility index (Phi) is 3.71. The minimum atomic E-state index is -4.52. The molecule has 8 heteroatoms. The molecule has 0 radical (unpaired) electrons. The lowest BCUT2D eigenvalue weighted by Crippen LogP contribution is -2.14. The zero-order valence-electron chi connectivity index (χ0n) is 10.1. The van der Waals surface area contributed by atoms with E-state index in [9.17, 15) is 18.0 Å². The number of amides is 1. The summed E-state index contributed by atoms with van der Waals surface area (Å²) in [4.78, 5) is 11.8. The monoisotopic (exact) mass is 304 g/mol. The van der Waals surface area contributed by atoms with Crippen LogP contribution in [-0.4, -0.2) is 11.1 Å². The standard InChI is InChI=1S/C12H8ClF3N2O2/c1-6-4-10(18-20-6)11(19)17-9-5-7(12(14,15)16)2-3-8(9)13/h2-5H,1H3,(H,17,19). The molecule has 0 aliphatic rings. The van der Waals surface area contributed by atoms with Gasteiger partial charge in [-0.25, -0.2) is 0 Å². The molecule has 2 rings (SSSR count). The highest BCUT2D eigenvalue weighted by molar-refractivity contribution is 6.33. The lowest BCUT2D eigenvalue weighted by atomic mass is 10.2. The van der Waals surface area contributed by atoms with E-state index in [1.807, 2.05) is 0 Å². The molecule has 1 amide bonds. The number of benzene rings is 1. The highest BCUT2D eigenvalue weighted by Gasteiger charge is 2.31. The first-order valence-corrected chi connectivity index (χ1v) is 5.76. The molecule has 20 heavy (non-hydrogen) atoms. The fraction of sp³-hybridized carbons (Fsp3) is 0.167. The highest BCUT2D eigenvalue weighted by Crippen LogP contribution is 2.33. The summed E-state index contributed by atoms with van der Waals surface area (Å²) in [7, 11) is 0. The summed E-state index contributed by atoms with van der Waals surface area (Å²) in [6.45, 7) is 1.58. The summed E-state index contributed by atoms with van der Waals surface area (Å²) in [5.41, 5.74) is -1.10. The predicted molar refractivity (Wildman–Crippen MR) is 65.6 cm³/mol. The number of anilines is 1. The third kappa shape index (κ3) is 3.11. The van der Waals surface area contributed by atoms with Gasteiger partial charge in [-0.15, -0.1) is 0 Å². The first-order chi connectivity index (χ1) is 9.27. The van der Waals surface area contributed by atoms with Crippen LogP contribution in [0, 0.1) is 6.92 Å². The quantitative estimate of drug-likeness (QED) is 0.915. The molecule has 0 spiro atoms. The van der Waals surface area contributed by atoms with Crippen molar-refractivity contribution in [1.29, 1.82) is 0 Å². The molecule has 1 N–H and O–H groups in total. The Balaban J connectivity index is 2.27. The van der Waals surface area contributed by atoms with Crippen molar-refractivity contribution in [2.75, 3.05) is 5.32 Å². The van der Waals surface area contributed by atoms with Gasteiger partial charge >= 0.3 is 6.18 Å². The number of hydrogen-bond acceptors (Lipinski definition) is 3. The molecule has 0 unspecified atom stereocenters. The number of carbonyl (C=O) groups excluding carboxylic acids is 1. The second-order valence-electron chi connectivity index (χ2n) is 3.97. The van der Waals surface area contributed by atoms with Gasteiger partial charge in [0.25, 0.3) is 5.91 Å². The van der Waals surface area contributed by atoms with Crippen molar-refractivity contribution in [3.05, 3.63) is 46.3 Å². The van der Waals surface area contributed by atoms with Crippen LogP contribution >= 0.6 is 11.6 Å². The second-order valence-corrected chi connectivity index (χ2v) is 4.38. The summed E-state index contributed by atoms with van der Waals surface area (Å²) < 4.78 is 42.4. The molecule has 106 valence electrons. The number of rotatable bonds is 2. The van der Waals surface area contributed by atoms with E-state index in [0.717, 1.165) is 18.2 Å². The van der Waals surface area contributed by atoms with Crippen molar-refractivity contribution in [2.45, 2.75) is 13.1 Å². The molecule has 1 aromatic heterocycles. The lowest BCUT2D eigenvalue weighted by molar-refractivity contribution is -0.137. The van der Waals surface area contributed by atoms with Crippen LogP contribution in [0.15, 0.2) is 28.8 Å². The number of hydrogen-bond donors (Lipinski definition) is 1. The van der Waals surface area contributed by atoms with Crippen molar-refractivity contribution in [3.63, 3.8) is 0 Å². The van der Waals surface area contributed by atoms with Crippen LogP contribution < -0.4 is 5.32 Å². The van der Waals surface area contributed by atoms with Gasteiger partial charge in [-0.2, -0.15) is 13.2 Å². The third-order valence-electron chi connectivity index (χ3n) is 2.40. The Labute approximate surface area is 116 Å². The van der Waals surface area contributed by atoms with Crippen LogP contribution in [0.2, 0.25) is 5.02 Å². The molecule has 0 saturated carbocycles. The highest BCUT2D eigenvalue weighted by atomic mass is 35.5. The Bertz CT molecular complexity index is 652. The van der Waals surface area contributed by atoms with Gasteiger partial charge in [-0.1, -0.05) is 16.8 Å². The number of halogens is 4. The predicted octanol–water partition coefficient (Wildman–Crippen LogP) is 3.91. The first kappa shape index (κ1) is 14.4. The van der Waals surface area contributed by atoms with E-state index in [2.05, 4.69) is 10.5 Å². The number of nitrogens with one attached hydrogen (secondary N) is 1. The van der Waals surface area contributed by atoms with Crippen molar-refractivity contribution >= 4 is 23.2 Å². The Hall–Kier alpha value is -2.02. The largest absolute Gasteiger partial charge is 0.416 e. The van der Waals surface area contributed by atoms with Crippen LogP contribution in [0.4, 0.5) is 18.9 Å². The summed E-state index contributed by atoms with van der Waals surface area (Å²) in [5.74, 6) is -0.298. The van der Waals surface area contributed by atoms with E-state index in [1.165, 1.54) is 6.07 Å². The third-order valence-corrected chi connectivity index (χ3v) is 2.73. The molecule has 0 aliphatic carbocycles. The van der Waals surface area contributed by atoms with Gasteiger partial charge in [0.2, 0.25) is 0 Å². The van der Waals surface area contributed by atoms with Crippen molar-refractivity contribution in [1.82, 2.24) is 5.16 Å². The smallest absolute Gasteiger partial charge is 0.361 e. The molecule has 0 atom stereocenters. The topological polar surface area (TPSA) is 55.1 Å². The maximum Gasteiger partial charge on any atom is 0.416 e. The SMILES string of the molecule is Cc1cc(C(=O)Nc2cc(C(F)(F)F)ccc2Cl)no1. The van der Waals surface area contributed by atoms with Crippen LogP contribution in [0.3, 0.4) is 0 Å². The van der Waals surface area contributed by atoms with E-state index >= 15 is 0 Å². The maximum atomic E-state index is 12.6. The molecule has 0 saturated heterocycles. The Morgan fingerprint density at radius 1 is 1.35 bits per heavy atom. The number of aryl methyl sites for hydroxylation is 1. The normalized spacial score (nSPS) is 11.4. The fourth-order valence-electron chi connectivity index (χ4n) is 1.46. The summed E-state index contributed by atoms with van der Waals surface area (Å²) in [6.07, 6.45) is -4.52. The van der Waals surface area contributed by atoms with Crippen LogP contribution in [-0.2, 0) is 6.18 Å². The lowest BCUT2D eigenvalue weighted by Gasteiger charge is -2.10. The van der Waals surface area contributed by atoms with Gasteiger partial charge in [0.05, 0.1) is 16.3 Å².